The molecular formula is C5H5I2NO2. The van der Waals surface area contributed by atoms with Crippen molar-refractivity contribution in [3.63, 3.8) is 0 Å². The standard InChI is InChI=1S/C5H5I2NO2/c6-3(9)5(4(7)10)1-8-2-5/h8H,1-2H2. The zero-order valence-corrected chi connectivity index (χ0v) is 9.30. The third-order valence-electron chi connectivity index (χ3n) is 1.61. The van der Waals surface area contributed by atoms with Gasteiger partial charge in [-0.1, -0.05) is 0 Å². The average molecular weight is 365 g/mol. The van der Waals surface area contributed by atoms with E-state index in [-0.39, 0.29) is 7.58 Å². The Morgan fingerprint density at radius 2 is 1.60 bits per heavy atom. The third-order valence-corrected chi connectivity index (χ3v) is 3.67. The molecule has 1 fully saturated rings. The minimum Gasteiger partial charge on any atom is -0.314 e. The van der Waals surface area contributed by atoms with Crippen LogP contribution in [-0.4, -0.2) is 20.7 Å². The monoisotopic (exact) mass is 365 g/mol. The number of hydrogen-bond acceptors (Lipinski definition) is 3. The molecule has 0 bridgehead atoms. The van der Waals surface area contributed by atoms with Crippen LogP contribution >= 0.6 is 45.2 Å². The van der Waals surface area contributed by atoms with Crippen LogP contribution in [0.25, 0.3) is 0 Å². The quantitative estimate of drug-likeness (QED) is 0.441. The fourth-order valence-corrected chi connectivity index (χ4v) is 2.50. The van der Waals surface area contributed by atoms with E-state index in [9.17, 15) is 9.59 Å². The van der Waals surface area contributed by atoms with Crippen molar-refractivity contribution in [3.05, 3.63) is 0 Å². The van der Waals surface area contributed by atoms with Gasteiger partial charge in [0.15, 0.2) is 0 Å². The second-order valence-corrected chi connectivity index (χ2v) is 4.19. The lowest BCUT2D eigenvalue weighted by molar-refractivity contribution is -0.131. The zero-order valence-electron chi connectivity index (χ0n) is 4.99. The van der Waals surface area contributed by atoms with Gasteiger partial charge in [-0.15, -0.1) is 0 Å². The van der Waals surface area contributed by atoms with Crippen LogP contribution in [0.5, 0.6) is 0 Å². The molecule has 0 unspecified atom stereocenters. The first-order chi connectivity index (χ1) is 4.59. The first kappa shape index (κ1) is 8.85. The number of carbonyl (C=O) groups excluding carboxylic acids is 2. The fourth-order valence-electron chi connectivity index (χ4n) is 0.730. The highest BCUT2D eigenvalue weighted by atomic mass is 127. The van der Waals surface area contributed by atoms with Crippen molar-refractivity contribution in [1.82, 2.24) is 5.32 Å². The molecule has 3 nitrogen and oxygen atoms in total. The molecule has 0 aromatic rings. The summed E-state index contributed by atoms with van der Waals surface area (Å²) in [6.45, 7) is 1.02. The molecule has 1 saturated heterocycles. The van der Waals surface area contributed by atoms with Crippen molar-refractivity contribution in [1.29, 1.82) is 0 Å². The summed E-state index contributed by atoms with van der Waals surface area (Å²) in [5, 5.41) is 2.91. The van der Waals surface area contributed by atoms with Crippen molar-refractivity contribution >= 4 is 52.8 Å². The molecule has 1 aliphatic heterocycles. The Labute approximate surface area is 85.6 Å². The molecule has 0 aromatic heterocycles. The average Bonchev–Trinajstić information content (AvgIpc) is 1.57. The Kier molecular flexibility index (Phi) is 2.67. The van der Waals surface area contributed by atoms with E-state index in [1.54, 1.807) is 45.2 Å². The molecule has 0 radical (unpaired) electrons. The Hall–Kier alpha value is 0.760. The van der Waals surface area contributed by atoms with Gasteiger partial charge in [-0.2, -0.15) is 0 Å². The SMILES string of the molecule is O=C(I)C1(C(=O)I)CNC1. The number of rotatable bonds is 2. The van der Waals surface area contributed by atoms with E-state index < -0.39 is 5.41 Å². The molecular weight excluding hydrogens is 360 g/mol. The van der Waals surface area contributed by atoms with E-state index in [4.69, 9.17) is 0 Å². The largest absolute Gasteiger partial charge is 0.314 e. The van der Waals surface area contributed by atoms with E-state index in [0.717, 1.165) is 0 Å². The maximum atomic E-state index is 10.9. The van der Waals surface area contributed by atoms with E-state index in [1.165, 1.54) is 0 Å². The van der Waals surface area contributed by atoms with Crippen LogP contribution in [0.15, 0.2) is 0 Å². The molecule has 56 valence electrons. The highest BCUT2D eigenvalue weighted by Crippen LogP contribution is 2.30. The van der Waals surface area contributed by atoms with Crippen LogP contribution in [-0.2, 0) is 9.59 Å². The number of hydrogen-bond donors (Lipinski definition) is 1. The van der Waals surface area contributed by atoms with E-state index >= 15 is 0 Å². The lowest BCUT2D eigenvalue weighted by atomic mass is 9.85. The van der Waals surface area contributed by atoms with Gasteiger partial charge in [-0.25, -0.2) is 0 Å². The molecule has 0 spiro atoms. The Bertz CT molecular complexity index is 172. The smallest absolute Gasteiger partial charge is 0.209 e. The summed E-state index contributed by atoms with van der Waals surface area (Å²) in [5.74, 6) is 0. The highest BCUT2D eigenvalue weighted by Gasteiger charge is 2.48. The van der Waals surface area contributed by atoms with Gasteiger partial charge in [0.2, 0.25) is 7.58 Å². The molecule has 0 atom stereocenters. The van der Waals surface area contributed by atoms with Gasteiger partial charge in [-0.3, -0.25) is 9.59 Å². The first-order valence-corrected chi connectivity index (χ1v) is 4.86. The molecule has 1 rings (SSSR count). The van der Waals surface area contributed by atoms with Crippen molar-refractivity contribution in [2.24, 2.45) is 5.41 Å². The van der Waals surface area contributed by atoms with Crippen LogP contribution in [0.1, 0.15) is 0 Å². The fraction of sp³-hybridized carbons (Fsp3) is 0.600. The maximum Gasteiger partial charge on any atom is 0.209 e. The van der Waals surface area contributed by atoms with Crippen molar-refractivity contribution in [2.75, 3.05) is 13.1 Å². The normalized spacial score (nSPS) is 21.4. The number of nitrogens with one attached hydrogen (secondary N) is 1. The Balaban J connectivity index is 2.78. The van der Waals surface area contributed by atoms with Crippen molar-refractivity contribution < 1.29 is 9.59 Å². The van der Waals surface area contributed by atoms with Gasteiger partial charge >= 0.3 is 0 Å². The van der Waals surface area contributed by atoms with Gasteiger partial charge in [0.1, 0.15) is 5.41 Å². The van der Waals surface area contributed by atoms with Crippen molar-refractivity contribution in [3.8, 4) is 0 Å². The number of carbonyl (C=O) groups is 2. The molecule has 0 saturated carbocycles. The number of halogens is 2. The van der Waals surface area contributed by atoms with E-state index in [0.29, 0.717) is 13.1 Å². The molecule has 1 heterocycles. The summed E-state index contributed by atoms with van der Waals surface area (Å²) in [6.07, 6.45) is 0. The van der Waals surface area contributed by atoms with Crippen LogP contribution in [0.2, 0.25) is 0 Å². The summed E-state index contributed by atoms with van der Waals surface area (Å²) < 4.78 is -0.105. The molecule has 10 heavy (non-hydrogen) atoms. The third kappa shape index (κ3) is 1.22. The molecule has 1 N–H and O–H groups in total. The highest BCUT2D eigenvalue weighted by molar-refractivity contribution is 14.1. The molecule has 0 amide bonds. The van der Waals surface area contributed by atoms with E-state index in [1.807, 2.05) is 0 Å². The predicted molar refractivity (Wildman–Crippen MR) is 53.4 cm³/mol. The maximum absolute atomic E-state index is 10.9. The van der Waals surface area contributed by atoms with Crippen molar-refractivity contribution in [2.45, 2.75) is 0 Å². The second-order valence-electron chi connectivity index (χ2n) is 2.23. The predicted octanol–water partition coefficient (Wildman–Crippen LogP) is 0.499. The molecule has 0 aliphatic carbocycles. The molecule has 5 heteroatoms. The van der Waals surface area contributed by atoms with Gasteiger partial charge in [0, 0.05) is 58.3 Å². The Morgan fingerprint density at radius 3 is 1.60 bits per heavy atom. The first-order valence-electron chi connectivity index (χ1n) is 2.70. The lowest BCUT2D eigenvalue weighted by Crippen LogP contribution is -2.59. The van der Waals surface area contributed by atoms with Gasteiger partial charge in [0.25, 0.3) is 0 Å². The summed E-state index contributed by atoms with van der Waals surface area (Å²) in [7, 11) is 0. The van der Waals surface area contributed by atoms with Crippen LogP contribution in [0, 0.1) is 5.41 Å². The van der Waals surface area contributed by atoms with Gasteiger partial charge < -0.3 is 5.32 Å². The van der Waals surface area contributed by atoms with Crippen LogP contribution < -0.4 is 5.32 Å². The van der Waals surface area contributed by atoms with E-state index in [2.05, 4.69) is 5.32 Å². The van der Waals surface area contributed by atoms with Crippen LogP contribution in [0.4, 0.5) is 0 Å². The summed E-state index contributed by atoms with van der Waals surface area (Å²) in [4.78, 5) is 21.8. The molecule has 1 aliphatic rings. The van der Waals surface area contributed by atoms with Crippen LogP contribution in [0.3, 0.4) is 0 Å². The topological polar surface area (TPSA) is 46.2 Å². The minimum atomic E-state index is -0.693. The van der Waals surface area contributed by atoms with Gasteiger partial charge in [-0.05, 0) is 0 Å². The summed E-state index contributed by atoms with van der Waals surface area (Å²) in [6, 6.07) is 0. The van der Waals surface area contributed by atoms with Gasteiger partial charge in [0.05, 0.1) is 0 Å². The second kappa shape index (κ2) is 3.02. The minimum absolute atomic E-state index is 0.0525. The summed E-state index contributed by atoms with van der Waals surface area (Å²) in [5.41, 5.74) is -0.693. The lowest BCUT2D eigenvalue weighted by Gasteiger charge is -2.35. The summed E-state index contributed by atoms with van der Waals surface area (Å²) >= 11 is 3.37. The zero-order chi connectivity index (χ0) is 7.78. The Morgan fingerprint density at radius 1 is 1.20 bits per heavy atom. The molecule has 0 aromatic carbocycles.